The monoisotopic (exact) mass is 419 g/mol. The molecule has 0 fully saturated rings. The fourth-order valence-corrected chi connectivity index (χ4v) is 4.28. The number of aryl methyl sites for hydroxylation is 1. The van der Waals surface area contributed by atoms with E-state index in [-0.39, 0.29) is 11.2 Å². The highest BCUT2D eigenvalue weighted by Gasteiger charge is 2.33. The van der Waals surface area contributed by atoms with Crippen LogP contribution in [-0.2, 0) is 17.6 Å². The number of carbonyl (C=O) groups is 2. The Morgan fingerprint density at radius 1 is 1.10 bits per heavy atom. The van der Waals surface area contributed by atoms with E-state index in [1.807, 2.05) is 24.3 Å². The van der Waals surface area contributed by atoms with Gasteiger partial charge in [-0.25, -0.2) is 9.18 Å². The van der Waals surface area contributed by atoms with E-state index in [1.165, 1.54) is 24.3 Å². The van der Waals surface area contributed by atoms with Gasteiger partial charge in [0.15, 0.2) is 12.4 Å². The predicted octanol–water partition coefficient (Wildman–Crippen LogP) is 5.56. The van der Waals surface area contributed by atoms with E-state index in [0.717, 1.165) is 41.4 Å². The highest BCUT2D eigenvalue weighted by Crippen LogP contribution is 2.39. The summed E-state index contributed by atoms with van der Waals surface area (Å²) < 4.78 is 18.6. The zero-order valence-electron chi connectivity index (χ0n) is 18.1. The SMILES string of the molecule is CC(C)(C)[C@H]1CCc2nc3ccccc3c(C(=O)OCC(=O)c3ccc(F)cc3)c2C1. The van der Waals surface area contributed by atoms with Crippen LogP contribution in [0.2, 0.25) is 0 Å². The fraction of sp³-hybridized carbons (Fsp3) is 0.346. The number of fused-ring (bicyclic) bond motifs is 2. The molecule has 0 unspecified atom stereocenters. The van der Waals surface area contributed by atoms with Crippen LogP contribution in [0.25, 0.3) is 10.9 Å². The van der Waals surface area contributed by atoms with Crippen LogP contribution in [0.1, 0.15) is 59.2 Å². The molecule has 31 heavy (non-hydrogen) atoms. The van der Waals surface area contributed by atoms with E-state index >= 15 is 0 Å². The molecule has 1 aliphatic rings. The molecule has 1 atom stereocenters. The average Bonchev–Trinajstić information content (AvgIpc) is 2.75. The van der Waals surface area contributed by atoms with Gasteiger partial charge in [-0.3, -0.25) is 9.78 Å². The van der Waals surface area contributed by atoms with Crippen molar-refractivity contribution in [1.82, 2.24) is 4.98 Å². The lowest BCUT2D eigenvalue weighted by molar-refractivity contribution is 0.0474. The third-order valence-electron chi connectivity index (χ3n) is 6.19. The molecule has 0 N–H and O–H groups in total. The van der Waals surface area contributed by atoms with Gasteiger partial charge in [0.2, 0.25) is 0 Å². The second kappa shape index (κ2) is 8.22. The molecule has 2 aromatic carbocycles. The second-order valence-corrected chi connectivity index (χ2v) is 9.24. The van der Waals surface area contributed by atoms with Gasteiger partial charge >= 0.3 is 5.97 Å². The van der Waals surface area contributed by atoms with Gasteiger partial charge in [0.05, 0.1) is 11.1 Å². The number of benzene rings is 2. The smallest absolute Gasteiger partial charge is 0.339 e. The van der Waals surface area contributed by atoms with Crippen LogP contribution in [0.4, 0.5) is 4.39 Å². The van der Waals surface area contributed by atoms with Gasteiger partial charge in [0, 0.05) is 16.6 Å². The third kappa shape index (κ3) is 4.36. The molecule has 0 saturated heterocycles. The topological polar surface area (TPSA) is 56.3 Å². The molecule has 5 heteroatoms. The Bertz CT molecular complexity index is 1150. The first-order chi connectivity index (χ1) is 14.7. The van der Waals surface area contributed by atoms with Gasteiger partial charge in [0.25, 0.3) is 0 Å². The Morgan fingerprint density at radius 3 is 2.52 bits per heavy atom. The Balaban J connectivity index is 1.66. The van der Waals surface area contributed by atoms with E-state index < -0.39 is 18.4 Å². The van der Waals surface area contributed by atoms with Gasteiger partial charge in [-0.05, 0) is 66.5 Å². The van der Waals surface area contributed by atoms with Crippen LogP contribution in [-0.4, -0.2) is 23.3 Å². The number of ether oxygens (including phenoxy) is 1. The molecule has 1 aromatic heterocycles. The minimum absolute atomic E-state index is 0.114. The van der Waals surface area contributed by atoms with E-state index in [0.29, 0.717) is 17.0 Å². The summed E-state index contributed by atoms with van der Waals surface area (Å²) in [6.45, 7) is 6.27. The number of hydrogen-bond acceptors (Lipinski definition) is 4. The van der Waals surface area contributed by atoms with Crippen LogP contribution in [0.15, 0.2) is 48.5 Å². The summed E-state index contributed by atoms with van der Waals surface area (Å²) in [5.41, 5.74) is 3.57. The average molecular weight is 419 g/mol. The molecule has 0 spiro atoms. The highest BCUT2D eigenvalue weighted by molar-refractivity contribution is 6.06. The van der Waals surface area contributed by atoms with Crippen molar-refractivity contribution < 1.29 is 18.7 Å². The fourth-order valence-electron chi connectivity index (χ4n) is 4.28. The summed E-state index contributed by atoms with van der Waals surface area (Å²) in [6, 6.07) is 12.8. The molecule has 1 aliphatic carbocycles. The van der Waals surface area contributed by atoms with Crippen molar-refractivity contribution in [1.29, 1.82) is 0 Å². The van der Waals surface area contributed by atoms with E-state index in [2.05, 4.69) is 20.8 Å². The van der Waals surface area contributed by atoms with Gasteiger partial charge in [-0.1, -0.05) is 39.0 Å². The predicted molar refractivity (Wildman–Crippen MR) is 118 cm³/mol. The number of pyridine rings is 1. The van der Waals surface area contributed by atoms with Gasteiger partial charge < -0.3 is 4.74 Å². The summed E-state index contributed by atoms with van der Waals surface area (Å²) in [7, 11) is 0. The molecular weight excluding hydrogens is 393 g/mol. The van der Waals surface area contributed by atoms with Crippen molar-refractivity contribution in [2.75, 3.05) is 6.61 Å². The maximum atomic E-state index is 13.2. The molecule has 160 valence electrons. The van der Waals surface area contributed by atoms with Gasteiger partial charge in [-0.15, -0.1) is 0 Å². The summed E-state index contributed by atoms with van der Waals surface area (Å²) in [6.07, 6.45) is 2.60. The molecule has 1 heterocycles. The Labute approximate surface area is 181 Å². The highest BCUT2D eigenvalue weighted by atomic mass is 19.1. The van der Waals surface area contributed by atoms with Gasteiger partial charge in [0.1, 0.15) is 5.82 Å². The summed E-state index contributed by atoms with van der Waals surface area (Å²) >= 11 is 0. The molecule has 3 aromatic rings. The van der Waals surface area contributed by atoms with Gasteiger partial charge in [-0.2, -0.15) is 0 Å². The first-order valence-electron chi connectivity index (χ1n) is 10.6. The minimum Gasteiger partial charge on any atom is -0.454 e. The number of rotatable bonds is 4. The Kier molecular flexibility index (Phi) is 5.61. The lowest BCUT2D eigenvalue weighted by Gasteiger charge is -2.35. The number of esters is 1. The summed E-state index contributed by atoms with van der Waals surface area (Å²) in [5.74, 6) is -0.875. The molecular formula is C26H26FNO3. The first-order valence-corrected chi connectivity index (χ1v) is 10.6. The molecule has 0 amide bonds. The third-order valence-corrected chi connectivity index (χ3v) is 6.19. The Hall–Kier alpha value is -3.08. The molecule has 4 nitrogen and oxygen atoms in total. The van der Waals surface area contributed by atoms with E-state index in [9.17, 15) is 14.0 Å². The lowest BCUT2D eigenvalue weighted by atomic mass is 9.70. The van der Waals surface area contributed by atoms with Crippen LogP contribution < -0.4 is 0 Å². The second-order valence-electron chi connectivity index (χ2n) is 9.24. The molecule has 0 saturated carbocycles. The maximum absolute atomic E-state index is 13.2. The summed E-state index contributed by atoms with van der Waals surface area (Å²) in [4.78, 5) is 30.4. The molecule has 0 aliphatic heterocycles. The minimum atomic E-state index is -0.514. The summed E-state index contributed by atoms with van der Waals surface area (Å²) in [5, 5.41) is 0.745. The van der Waals surface area contributed by atoms with Crippen molar-refractivity contribution >= 4 is 22.7 Å². The Morgan fingerprint density at radius 2 is 1.81 bits per heavy atom. The number of nitrogens with zero attached hydrogens (tertiary/aromatic N) is 1. The standard InChI is InChI=1S/C26H26FNO3/c1-26(2,3)17-10-13-22-20(14-17)24(19-6-4-5-7-21(19)28-22)25(30)31-15-23(29)16-8-11-18(27)12-9-16/h4-9,11-12,17H,10,13-15H2,1-3H3/t17-/m0/s1. The number of ketones is 1. The number of hydrogen-bond donors (Lipinski definition) is 0. The maximum Gasteiger partial charge on any atom is 0.339 e. The van der Waals surface area contributed by atoms with Crippen molar-refractivity contribution in [3.63, 3.8) is 0 Å². The van der Waals surface area contributed by atoms with Crippen molar-refractivity contribution in [3.05, 3.63) is 76.7 Å². The first kappa shape index (κ1) is 21.2. The lowest BCUT2D eigenvalue weighted by Crippen LogP contribution is -2.29. The largest absolute Gasteiger partial charge is 0.454 e. The van der Waals surface area contributed by atoms with Crippen LogP contribution in [0.5, 0.6) is 0 Å². The van der Waals surface area contributed by atoms with Crippen LogP contribution in [0.3, 0.4) is 0 Å². The number of carbonyl (C=O) groups excluding carboxylic acids is 2. The van der Waals surface area contributed by atoms with E-state index in [4.69, 9.17) is 9.72 Å². The number of halogens is 1. The van der Waals surface area contributed by atoms with Crippen LogP contribution >= 0.6 is 0 Å². The normalized spacial score (nSPS) is 16.1. The molecule has 0 radical (unpaired) electrons. The number of Topliss-reactive ketones (excluding diaryl/α,β-unsaturated/α-hetero) is 1. The quantitative estimate of drug-likeness (QED) is 0.410. The van der Waals surface area contributed by atoms with Crippen molar-refractivity contribution in [3.8, 4) is 0 Å². The van der Waals surface area contributed by atoms with Crippen LogP contribution in [0, 0.1) is 17.2 Å². The number of aromatic nitrogens is 1. The molecule has 4 rings (SSSR count). The van der Waals surface area contributed by atoms with Crippen molar-refractivity contribution in [2.45, 2.75) is 40.0 Å². The number of para-hydroxylation sites is 1. The van der Waals surface area contributed by atoms with E-state index in [1.54, 1.807) is 0 Å². The van der Waals surface area contributed by atoms with Crippen molar-refractivity contribution in [2.24, 2.45) is 11.3 Å². The zero-order valence-corrected chi connectivity index (χ0v) is 18.1. The molecule has 0 bridgehead atoms. The zero-order chi connectivity index (χ0) is 22.2.